The second-order valence-corrected chi connectivity index (χ2v) is 6.50. The number of pyridine rings is 1. The number of anilines is 3. The normalized spacial score (nSPS) is 17.8. The van der Waals surface area contributed by atoms with Crippen LogP contribution in [0.3, 0.4) is 0 Å². The SMILES string of the molecule is [2H]/C(=C\C(=O)Nc1c(OCC)c([2H])c2nc([2H])c(C#N)c(Nc3c([2H])c([2H])c(F)c(Cl)c3[2H])c2c1[2H])CN(C([2H])([2H])[2H])C([2H])([2H])[2H]. The maximum absolute atomic E-state index is 14.3. The van der Waals surface area contributed by atoms with Gasteiger partial charge in [-0.05, 0) is 45.0 Å². The van der Waals surface area contributed by atoms with Crippen LogP contribution >= 0.6 is 11.6 Å². The van der Waals surface area contributed by atoms with Crippen molar-refractivity contribution in [3.05, 3.63) is 64.9 Å². The van der Waals surface area contributed by atoms with Crippen molar-refractivity contribution >= 4 is 45.5 Å². The molecule has 1 amide bonds. The highest BCUT2D eigenvalue weighted by Gasteiger charge is 2.15. The van der Waals surface area contributed by atoms with E-state index in [1.807, 2.05) is 0 Å². The Labute approximate surface area is 214 Å². The first-order valence-electron chi connectivity index (χ1n) is 15.6. The molecule has 170 valence electrons. The molecule has 0 bridgehead atoms. The molecule has 0 fully saturated rings. The number of nitrogens with zero attached hydrogens (tertiary/aromatic N) is 3. The van der Waals surface area contributed by atoms with Crippen LogP contribution in [0.1, 0.15) is 30.3 Å². The second kappa shape index (κ2) is 10.8. The Morgan fingerprint density at radius 2 is 2.27 bits per heavy atom. The third kappa shape index (κ3) is 5.98. The average Bonchev–Trinajstić information content (AvgIpc) is 2.95. The number of nitrogens with one attached hydrogen (secondary N) is 2. The molecule has 7 nitrogen and oxygen atoms in total. The highest BCUT2D eigenvalue weighted by atomic mass is 35.5. The topological polar surface area (TPSA) is 90.3 Å². The van der Waals surface area contributed by atoms with Gasteiger partial charge in [0.1, 0.15) is 17.6 Å². The van der Waals surface area contributed by atoms with Crippen LogP contribution in [0.2, 0.25) is 5.02 Å². The van der Waals surface area contributed by atoms with Gasteiger partial charge in [-0.25, -0.2) is 4.39 Å². The number of aromatic nitrogens is 1. The minimum absolute atomic E-state index is 0.0438. The van der Waals surface area contributed by atoms with E-state index in [1.165, 1.54) is 6.92 Å². The fraction of sp³-hybridized carbons (Fsp3) is 0.208. The lowest BCUT2D eigenvalue weighted by molar-refractivity contribution is -0.111. The van der Waals surface area contributed by atoms with E-state index in [0.29, 0.717) is 6.08 Å². The van der Waals surface area contributed by atoms with Gasteiger partial charge in [-0.3, -0.25) is 9.78 Å². The predicted octanol–water partition coefficient (Wildman–Crippen LogP) is 5.10. The van der Waals surface area contributed by atoms with Gasteiger partial charge in [0.25, 0.3) is 0 Å². The monoisotopic (exact) mass is 480 g/mol. The number of likely N-dealkylation sites (N-methyl/N-ethyl adjacent to an activating group) is 1. The van der Waals surface area contributed by atoms with Gasteiger partial charge in [0.2, 0.25) is 5.91 Å². The molecular formula is C24H23ClFN5O2. The van der Waals surface area contributed by atoms with Crippen LogP contribution in [0.5, 0.6) is 5.75 Å². The lowest BCUT2D eigenvalue weighted by Gasteiger charge is -2.16. The summed E-state index contributed by atoms with van der Waals surface area (Å²) >= 11 is 5.83. The molecule has 0 aliphatic heterocycles. The second-order valence-electron chi connectivity index (χ2n) is 6.12. The number of benzene rings is 2. The number of amides is 1. The minimum atomic E-state index is -3.14. The Balaban J connectivity index is 2.28. The molecule has 0 spiro atoms. The van der Waals surface area contributed by atoms with Gasteiger partial charge in [-0.1, -0.05) is 17.7 Å². The van der Waals surface area contributed by atoms with E-state index >= 15 is 0 Å². The highest BCUT2D eigenvalue weighted by Crippen LogP contribution is 2.36. The van der Waals surface area contributed by atoms with E-state index in [1.54, 1.807) is 6.07 Å². The Kier molecular flexibility index (Phi) is 3.91. The average molecular weight is 481 g/mol. The van der Waals surface area contributed by atoms with Crippen LogP contribution in [-0.4, -0.2) is 42.9 Å². The molecule has 1 aromatic heterocycles. The minimum Gasteiger partial charge on any atom is -0.492 e. The van der Waals surface area contributed by atoms with Gasteiger partial charge in [-0.15, -0.1) is 0 Å². The molecule has 1 heterocycles. The highest BCUT2D eigenvalue weighted by molar-refractivity contribution is 6.31. The van der Waals surface area contributed by atoms with Gasteiger partial charge >= 0.3 is 0 Å². The van der Waals surface area contributed by atoms with Crippen LogP contribution in [-0.2, 0) is 4.79 Å². The number of ether oxygens (including phenoxy) is 1. The maximum Gasteiger partial charge on any atom is 0.248 e. The van der Waals surface area contributed by atoms with Gasteiger partial charge in [-0.2, -0.15) is 5.26 Å². The molecule has 3 rings (SSSR count). The summed E-state index contributed by atoms with van der Waals surface area (Å²) in [5.41, 5.74) is -2.53. The summed E-state index contributed by atoms with van der Waals surface area (Å²) in [5.74, 6) is -2.95. The molecule has 0 aliphatic carbocycles. The zero-order chi connectivity index (χ0) is 35.0. The van der Waals surface area contributed by atoms with E-state index in [0.717, 1.165) is 0 Å². The first-order chi connectivity index (χ1) is 21.2. The molecule has 0 unspecified atom stereocenters. The van der Waals surface area contributed by atoms with Crippen LogP contribution in [0.15, 0.2) is 48.5 Å². The Morgan fingerprint density at radius 1 is 1.45 bits per heavy atom. The van der Waals surface area contributed by atoms with Crippen molar-refractivity contribution in [2.45, 2.75) is 6.92 Å². The predicted molar refractivity (Wildman–Crippen MR) is 129 cm³/mol. The standard InChI is InChI=1S/C24H23ClFN5O2/c1-4-33-22-12-20-17(11-21(22)30-23(32)6-5-9-31(2)3)24(15(13-27)14-28-20)29-16-7-8-19(26)18(25)10-16/h5-8,10-12,14H,4,9H2,1-3H3,(H,28,29)(H,30,32)/b6-5+/i2D3,3D3,5D,7D,8D,10D,11D,12D,14D. The molecule has 0 saturated heterocycles. The van der Waals surface area contributed by atoms with Crippen molar-refractivity contribution in [1.82, 2.24) is 9.88 Å². The van der Waals surface area contributed by atoms with Crippen LogP contribution < -0.4 is 15.4 Å². The summed E-state index contributed by atoms with van der Waals surface area (Å²) < 4.78 is 122. The molecule has 0 atom stereocenters. The van der Waals surface area contributed by atoms with Crippen molar-refractivity contribution in [1.29, 1.82) is 5.26 Å². The first kappa shape index (κ1) is 12.0. The van der Waals surface area contributed by atoms with E-state index in [2.05, 4.69) is 15.6 Å². The van der Waals surface area contributed by atoms with E-state index in [-0.39, 0.29) is 11.5 Å². The summed E-state index contributed by atoms with van der Waals surface area (Å²) in [6, 6.07) is -2.99. The molecule has 3 aromatic rings. The smallest absolute Gasteiger partial charge is 0.248 e. The summed E-state index contributed by atoms with van der Waals surface area (Å²) in [6.45, 7) is -5.88. The zero-order valence-corrected chi connectivity index (χ0v) is 17.7. The van der Waals surface area contributed by atoms with Crippen molar-refractivity contribution in [3.63, 3.8) is 0 Å². The molecule has 33 heavy (non-hydrogen) atoms. The van der Waals surface area contributed by atoms with E-state index in [9.17, 15) is 14.4 Å². The fourth-order valence-electron chi connectivity index (χ4n) is 2.52. The Morgan fingerprint density at radius 3 is 3.00 bits per heavy atom. The molecule has 2 aromatic carbocycles. The van der Waals surface area contributed by atoms with Crippen molar-refractivity contribution in [2.24, 2.45) is 0 Å². The summed E-state index contributed by atoms with van der Waals surface area (Å²) in [5, 5.41) is 13.3. The van der Waals surface area contributed by atoms with Gasteiger partial charge in [0.05, 0.1) is 43.7 Å². The number of carbonyl (C=O) groups is 1. The largest absolute Gasteiger partial charge is 0.492 e. The third-order valence-corrected chi connectivity index (χ3v) is 4.09. The first-order valence-corrected chi connectivity index (χ1v) is 9.53. The number of rotatable bonds is 8. The quantitative estimate of drug-likeness (QED) is 0.436. The van der Waals surface area contributed by atoms with Gasteiger partial charge < -0.3 is 20.3 Å². The van der Waals surface area contributed by atoms with Crippen LogP contribution in [0, 0.1) is 17.1 Å². The molecule has 0 aliphatic rings. The maximum atomic E-state index is 14.3. The Hall–Kier alpha value is -3.67. The zero-order valence-electron chi connectivity index (χ0n) is 29.9. The van der Waals surface area contributed by atoms with Crippen molar-refractivity contribution in [3.8, 4) is 11.8 Å². The summed E-state index contributed by atoms with van der Waals surface area (Å²) in [7, 11) is 0. The lowest BCUT2D eigenvalue weighted by Crippen LogP contribution is -2.13. The molecule has 0 radical (unpaired) electrons. The fourth-order valence-corrected chi connectivity index (χ4v) is 2.66. The number of halogens is 2. The lowest BCUT2D eigenvalue weighted by atomic mass is 10.1. The van der Waals surface area contributed by atoms with Gasteiger partial charge in [0, 0.05) is 44.1 Å². The number of nitriles is 1. The Bertz CT molecular complexity index is 1770. The van der Waals surface area contributed by atoms with Crippen molar-refractivity contribution < 1.29 is 31.7 Å². The number of fused-ring (bicyclic) bond motifs is 1. The summed E-state index contributed by atoms with van der Waals surface area (Å²) in [6.07, 6.45) is -0.162. The van der Waals surface area contributed by atoms with Gasteiger partial charge in [0.15, 0.2) is 0 Å². The third-order valence-electron chi connectivity index (χ3n) is 3.83. The van der Waals surface area contributed by atoms with Crippen LogP contribution in [0.25, 0.3) is 10.9 Å². The van der Waals surface area contributed by atoms with E-state index < -0.39 is 119 Å². The van der Waals surface area contributed by atoms with E-state index in [4.69, 9.17) is 34.2 Å². The molecule has 9 heteroatoms. The molecule has 0 saturated carbocycles. The number of hydrogen-bond acceptors (Lipinski definition) is 6. The molecular weight excluding hydrogens is 445 g/mol. The van der Waals surface area contributed by atoms with Crippen molar-refractivity contribution in [2.75, 3.05) is 37.7 Å². The number of carbonyl (C=O) groups excluding carboxylic acids is 1. The summed E-state index contributed by atoms with van der Waals surface area (Å²) in [4.78, 5) is 16.9. The number of hydrogen-bond donors (Lipinski definition) is 2. The van der Waals surface area contributed by atoms with Crippen LogP contribution in [0.4, 0.5) is 21.5 Å². The molecule has 2 N–H and O–H groups in total.